The van der Waals surface area contributed by atoms with Crippen molar-refractivity contribution >= 4 is 5.95 Å². The molecule has 1 aliphatic rings. The Morgan fingerprint density at radius 3 is 2.65 bits per heavy atom. The van der Waals surface area contributed by atoms with Crippen LogP contribution in [0.2, 0.25) is 0 Å². The lowest BCUT2D eigenvalue weighted by Crippen LogP contribution is -2.39. The largest absolute Gasteiger partial charge is 0.475 e. The molecule has 1 heterocycles. The standard InChI is InChI=1S/C15H25N3O2/c1-11(2)20-13-9-12(3)17-14(18-13)16-10-15(19)7-5-4-6-8-15/h9,11,19H,4-8,10H2,1-3H3,(H,16,17,18). The summed E-state index contributed by atoms with van der Waals surface area (Å²) in [6.07, 6.45) is 5.18. The SMILES string of the molecule is Cc1cc(OC(C)C)nc(NCC2(O)CCCCC2)n1. The first-order chi connectivity index (χ1) is 9.47. The Bertz CT molecular complexity index is 443. The molecule has 2 N–H and O–H groups in total. The first kappa shape index (κ1) is 15.0. The molecule has 0 atom stereocenters. The molecule has 0 amide bonds. The van der Waals surface area contributed by atoms with Crippen LogP contribution >= 0.6 is 0 Å². The van der Waals surface area contributed by atoms with Gasteiger partial charge in [0.15, 0.2) is 0 Å². The van der Waals surface area contributed by atoms with Crippen molar-refractivity contribution in [2.45, 2.75) is 64.6 Å². The van der Waals surface area contributed by atoms with Gasteiger partial charge in [0.2, 0.25) is 11.8 Å². The molecule has 1 aromatic heterocycles. The molecular formula is C15H25N3O2. The summed E-state index contributed by atoms with van der Waals surface area (Å²) in [5.41, 5.74) is 0.235. The van der Waals surface area contributed by atoms with Gasteiger partial charge < -0.3 is 15.2 Å². The molecule has 0 bridgehead atoms. The van der Waals surface area contributed by atoms with Crippen LogP contribution in [-0.4, -0.2) is 33.3 Å². The fourth-order valence-corrected chi connectivity index (χ4v) is 2.55. The molecule has 1 saturated carbocycles. The number of rotatable bonds is 5. The predicted octanol–water partition coefficient (Wildman–Crippen LogP) is 2.68. The van der Waals surface area contributed by atoms with Crippen molar-refractivity contribution in [1.82, 2.24) is 9.97 Å². The lowest BCUT2D eigenvalue weighted by Gasteiger charge is -2.32. The Balaban J connectivity index is 1.99. The van der Waals surface area contributed by atoms with Crippen molar-refractivity contribution in [3.05, 3.63) is 11.8 Å². The van der Waals surface area contributed by atoms with Crippen LogP contribution in [0.15, 0.2) is 6.07 Å². The molecule has 1 aliphatic carbocycles. The summed E-state index contributed by atoms with van der Waals surface area (Å²) in [5, 5.41) is 13.6. The summed E-state index contributed by atoms with van der Waals surface area (Å²) < 4.78 is 5.60. The third-order valence-corrected chi connectivity index (χ3v) is 3.55. The smallest absolute Gasteiger partial charge is 0.226 e. The van der Waals surface area contributed by atoms with Crippen LogP contribution in [0.25, 0.3) is 0 Å². The molecule has 20 heavy (non-hydrogen) atoms. The number of hydrogen-bond acceptors (Lipinski definition) is 5. The van der Waals surface area contributed by atoms with E-state index >= 15 is 0 Å². The second kappa shape index (κ2) is 6.39. The van der Waals surface area contributed by atoms with Gasteiger partial charge in [0.1, 0.15) is 0 Å². The van der Waals surface area contributed by atoms with E-state index in [1.54, 1.807) is 0 Å². The number of hydrogen-bond donors (Lipinski definition) is 2. The zero-order chi connectivity index (χ0) is 14.6. The Hall–Kier alpha value is -1.36. The van der Waals surface area contributed by atoms with Gasteiger partial charge in [-0.15, -0.1) is 0 Å². The van der Waals surface area contributed by atoms with Crippen LogP contribution < -0.4 is 10.1 Å². The van der Waals surface area contributed by atoms with Gasteiger partial charge >= 0.3 is 0 Å². The van der Waals surface area contributed by atoms with Crippen LogP contribution in [0.5, 0.6) is 5.88 Å². The van der Waals surface area contributed by atoms with Crippen molar-refractivity contribution in [1.29, 1.82) is 0 Å². The molecule has 0 spiro atoms. The first-order valence-electron chi connectivity index (χ1n) is 7.45. The quantitative estimate of drug-likeness (QED) is 0.867. The topological polar surface area (TPSA) is 67.3 Å². The lowest BCUT2D eigenvalue weighted by atomic mass is 9.85. The Morgan fingerprint density at radius 2 is 2.00 bits per heavy atom. The highest BCUT2D eigenvalue weighted by molar-refractivity contribution is 5.31. The number of anilines is 1. The van der Waals surface area contributed by atoms with Crippen LogP contribution in [0.4, 0.5) is 5.95 Å². The zero-order valence-electron chi connectivity index (χ0n) is 12.6. The fourth-order valence-electron chi connectivity index (χ4n) is 2.55. The van der Waals surface area contributed by atoms with Crippen molar-refractivity contribution in [3.8, 4) is 5.88 Å². The van der Waals surface area contributed by atoms with Gasteiger partial charge in [0.25, 0.3) is 0 Å². The van der Waals surface area contributed by atoms with Gasteiger partial charge in [-0.1, -0.05) is 19.3 Å². The monoisotopic (exact) mass is 279 g/mol. The van der Waals surface area contributed by atoms with E-state index < -0.39 is 5.60 Å². The van der Waals surface area contributed by atoms with Crippen LogP contribution in [-0.2, 0) is 0 Å². The molecule has 1 aromatic rings. The average molecular weight is 279 g/mol. The Labute approximate surface area is 120 Å². The van der Waals surface area contributed by atoms with Gasteiger partial charge in [-0.25, -0.2) is 4.98 Å². The normalized spacial score (nSPS) is 18.1. The maximum atomic E-state index is 10.5. The van der Waals surface area contributed by atoms with E-state index in [9.17, 15) is 5.11 Å². The van der Waals surface area contributed by atoms with E-state index in [4.69, 9.17) is 4.74 Å². The van der Waals surface area contributed by atoms with Crippen LogP contribution in [0, 0.1) is 6.92 Å². The molecule has 5 heteroatoms. The highest BCUT2D eigenvalue weighted by Gasteiger charge is 2.29. The van der Waals surface area contributed by atoms with Gasteiger partial charge in [0, 0.05) is 18.3 Å². The molecule has 112 valence electrons. The van der Waals surface area contributed by atoms with Gasteiger partial charge in [0.05, 0.1) is 11.7 Å². The molecular weight excluding hydrogens is 254 g/mol. The van der Waals surface area contributed by atoms with E-state index in [2.05, 4.69) is 15.3 Å². The minimum Gasteiger partial charge on any atom is -0.475 e. The molecule has 0 aromatic carbocycles. The summed E-state index contributed by atoms with van der Waals surface area (Å²) in [6.45, 7) is 6.34. The molecule has 1 fully saturated rings. The van der Waals surface area contributed by atoms with Gasteiger partial charge in [-0.3, -0.25) is 0 Å². The molecule has 5 nitrogen and oxygen atoms in total. The van der Waals surface area contributed by atoms with E-state index in [-0.39, 0.29) is 6.10 Å². The molecule has 0 saturated heterocycles. The number of nitrogens with one attached hydrogen (secondary N) is 1. The average Bonchev–Trinajstić information content (AvgIpc) is 2.36. The van der Waals surface area contributed by atoms with Crippen molar-refractivity contribution in [2.75, 3.05) is 11.9 Å². The third-order valence-electron chi connectivity index (χ3n) is 3.55. The molecule has 0 unspecified atom stereocenters. The highest BCUT2D eigenvalue weighted by atomic mass is 16.5. The number of aryl methyl sites for hydroxylation is 1. The van der Waals surface area contributed by atoms with E-state index in [1.807, 2.05) is 26.8 Å². The predicted molar refractivity (Wildman–Crippen MR) is 79.1 cm³/mol. The van der Waals surface area contributed by atoms with Crippen LogP contribution in [0.3, 0.4) is 0 Å². The summed E-state index contributed by atoms with van der Waals surface area (Å²) in [4.78, 5) is 8.68. The van der Waals surface area contributed by atoms with Gasteiger partial charge in [-0.05, 0) is 33.6 Å². The second-order valence-corrected chi connectivity index (χ2v) is 5.98. The van der Waals surface area contributed by atoms with Crippen molar-refractivity contribution in [2.24, 2.45) is 0 Å². The third kappa shape index (κ3) is 4.34. The zero-order valence-corrected chi connectivity index (χ0v) is 12.6. The number of aromatic nitrogens is 2. The first-order valence-corrected chi connectivity index (χ1v) is 7.45. The Kier molecular flexibility index (Phi) is 4.81. The maximum Gasteiger partial charge on any atom is 0.226 e. The van der Waals surface area contributed by atoms with Crippen molar-refractivity contribution in [3.63, 3.8) is 0 Å². The second-order valence-electron chi connectivity index (χ2n) is 5.98. The lowest BCUT2D eigenvalue weighted by molar-refractivity contribution is 0.0165. The van der Waals surface area contributed by atoms with E-state index in [1.165, 1.54) is 6.42 Å². The van der Waals surface area contributed by atoms with Gasteiger partial charge in [-0.2, -0.15) is 4.98 Å². The fraction of sp³-hybridized carbons (Fsp3) is 0.733. The Morgan fingerprint density at radius 1 is 1.30 bits per heavy atom. The summed E-state index contributed by atoms with van der Waals surface area (Å²) >= 11 is 0. The van der Waals surface area contributed by atoms with Crippen LogP contribution in [0.1, 0.15) is 51.6 Å². The molecule has 0 aliphatic heterocycles. The van der Waals surface area contributed by atoms with E-state index in [0.717, 1.165) is 31.4 Å². The van der Waals surface area contributed by atoms with Crippen molar-refractivity contribution < 1.29 is 9.84 Å². The number of aliphatic hydroxyl groups is 1. The van der Waals surface area contributed by atoms with E-state index in [0.29, 0.717) is 18.4 Å². The number of ether oxygens (including phenoxy) is 1. The molecule has 0 radical (unpaired) electrons. The summed E-state index contributed by atoms with van der Waals surface area (Å²) in [5.74, 6) is 1.10. The minimum atomic E-state index is -0.621. The summed E-state index contributed by atoms with van der Waals surface area (Å²) in [7, 11) is 0. The molecule has 2 rings (SSSR count). The summed E-state index contributed by atoms with van der Waals surface area (Å²) in [6, 6.07) is 1.82. The number of nitrogens with zero attached hydrogens (tertiary/aromatic N) is 2. The minimum absolute atomic E-state index is 0.0830. The maximum absolute atomic E-state index is 10.5. The highest BCUT2D eigenvalue weighted by Crippen LogP contribution is 2.28.